The standard InChI is InChI=1S/C25H21F4N5O3S/c1-15-8-22(34(14-15)38(36,37)20-5-3-18(26)4-6-20)24(35)33-13-19-9-21(17(10-30)12-31-19)16-2-7-23(32-11-16)25(27,28)29/h2-7,9,11-12,15,22H,8,13-14H2,1H3,(H,33,35). The summed E-state index contributed by atoms with van der Waals surface area (Å²) >= 11 is 0. The number of benzene rings is 1. The number of nitrogens with zero attached hydrogens (tertiary/aromatic N) is 4. The summed E-state index contributed by atoms with van der Waals surface area (Å²) in [7, 11) is -4.06. The van der Waals surface area contributed by atoms with Gasteiger partial charge in [0.05, 0.1) is 22.7 Å². The lowest BCUT2D eigenvalue weighted by atomic mass is 10.0. The monoisotopic (exact) mass is 547 g/mol. The summed E-state index contributed by atoms with van der Waals surface area (Å²) in [5.41, 5.74) is -0.144. The second kappa shape index (κ2) is 10.5. The molecule has 2 aromatic heterocycles. The molecule has 1 N–H and O–H groups in total. The fraction of sp³-hybridized carbons (Fsp3) is 0.280. The maximum Gasteiger partial charge on any atom is 0.433 e. The number of pyridine rings is 2. The van der Waals surface area contributed by atoms with Crippen molar-refractivity contribution in [1.29, 1.82) is 5.26 Å². The van der Waals surface area contributed by atoms with Crippen molar-refractivity contribution in [3.8, 4) is 17.2 Å². The fourth-order valence-corrected chi connectivity index (χ4v) is 5.91. The first-order valence-corrected chi connectivity index (χ1v) is 12.8. The summed E-state index contributed by atoms with van der Waals surface area (Å²) in [5, 5.41) is 12.1. The number of nitriles is 1. The topological polar surface area (TPSA) is 116 Å². The molecule has 0 radical (unpaired) electrons. The van der Waals surface area contributed by atoms with E-state index in [1.165, 1.54) is 18.3 Å². The van der Waals surface area contributed by atoms with Gasteiger partial charge in [-0.15, -0.1) is 0 Å². The summed E-state index contributed by atoms with van der Waals surface area (Å²) < 4.78 is 79.2. The molecule has 0 saturated carbocycles. The van der Waals surface area contributed by atoms with Gasteiger partial charge in [-0.3, -0.25) is 14.8 Å². The molecule has 13 heteroatoms. The highest BCUT2D eigenvalue weighted by molar-refractivity contribution is 7.89. The Morgan fingerprint density at radius 2 is 1.87 bits per heavy atom. The number of sulfonamides is 1. The van der Waals surface area contributed by atoms with Crippen LogP contribution in [-0.4, -0.2) is 41.2 Å². The van der Waals surface area contributed by atoms with Crippen molar-refractivity contribution in [1.82, 2.24) is 19.6 Å². The van der Waals surface area contributed by atoms with Crippen molar-refractivity contribution in [2.45, 2.75) is 37.0 Å². The first-order chi connectivity index (χ1) is 17.9. The normalized spacial score (nSPS) is 18.2. The number of rotatable bonds is 6. The minimum atomic E-state index is -4.61. The van der Waals surface area contributed by atoms with Crippen LogP contribution in [0.15, 0.2) is 59.8 Å². The maximum absolute atomic E-state index is 13.3. The molecule has 1 saturated heterocycles. The van der Waals surface area contributed by atoms with Gasteiger partial charge in [0, 0.05) is 30.1 Å². The summed E-state index contributed by atoms with van der Waals surface area (Å²) in [4.78, 5) is 20.5. The number of halogens is 4. The second-order valence-corrected chi connectivity index (χ2v) is 10.8. The van der Waals surface area contributed by atoms with Gasteiger partial charge < -0.3 is 5.32 Å². The van der Waals surface area contributed by atoms with E-state index in [9.17, 15) is 36.0 Å². The van der Waals surface area contributed by atoms with E-state index in [0.29, 0.717) is 5.69 Å². The maximum atomic E-state index is 13.3. The van der Waals surface area contributed by atoms with Crippen LogP contribution >= 0.6 is 0 Å². The Morgan fingerprint density at radius 1 is 1.16 bits per heavy atom. The van der Waals surface area contributed by atoms with Crippen molar-refractivity contribution in [2.75, 3.05) is 6.54 Å². The molecule has 0 bridgehead atoms. The van der Waals surface area contributed by atoms with Crippen molar-refractivity contribution < 1.29 is 30.8 Å². The van der Waals surface area contributed by atoms with Crippen LogP contribution in [0.25, 0.3) is 11.1 Å². The molecular weight excluding hydrogens is 526 g/mol. The minimum Gasteiger partial charge on any atom is -0.349 e. The van der Waals surface area contributed by atoms with Gasteiger partial charge in [0.15, 0.2) is 0 Å². The van der Waals surface area contributed by atoms with E-state index in [1.807, 2.05) is 13.0 Å². The van der Waals surface area contributed by atoms with E-state index >= 15 is 0 Å². The smallest absolute Gasteiger partial charge is 0.349 e. The lowest BCUT2D eigenvalue weighted by Crippen LogP contribution is -2.45. The second-order valence-electron chi connectivity index (χ2n) is 8.87. The molecule has 1 fully saturated rings. The highest BCUT2D eigenvalue weighted by Crippen LogP contribution is 2.31. The number of hydrogen-bond donors (Lipinski definition) is 1. The van der Waals surface area contributed by atoms with E-state index in [0.717, 1.165) is 40.8 Å². The highest BCUT2D eigenvalue weighted by atomic mass is 32.2. The first kappa shape index (κ1) is 27.2. The fourth-order valence-electron chi connectivity index (χ4n) is 4.19. The number of carbonyl (C=O) groups is 1. The van der Waals surface area contributed by atoms with Gasteiger partial charge in [0.25, 0.3) is 0 Å². The zero-order chi connectivity index (χ0) is 27.7. The van der Waals surface area contributed by atoms with Crippen molar-refractivity contribution in [3.05, 3.63) is 77.6 Å². The molecule has 2 unspecified atom stereocenters. The van der Waals surface area contributed by atoms with E-state index < -0.39 is 39.7 Å². The molecule has 8 nitrogen and oxygen atoms in total. The summed E-state index contributed by atoms with van der Waals surface area (Å²) in [6, 6.07) is 8.70. The van der Waals surface area contributed by atoms with Crippen LogP contribution in [0.5, 0.6) is 0 Å². The zero-order valence-electron chi connectivity index (χ0n) is 19.9. The van der Waals surface area contributed by atoms with Gasteiger partial charge in [0.2, 0.25) is 15.9 Å². The molecule has 1 aliphatic heterocycles. The molecular formula is C25H21F4N5O3S. The van der Waals surface area contributed by atoms with Crippen LogP contribution in [0, 0.1) is 23.1 Å². The van der Waals surface area contributed by atoms with Crippen LogP contribution in [0.3, 0.4) is 0 Å². The number of aromatic nitrogens is 2. The minimum absolute atomic E-state index is 0.0998. The molecule has 1 amide bonds. The largest absolute Gasteiger partial charge is 0.433 e. The van der Waals surface area contributed by atoms with Crippen LogP contribution in [0.2, 0.25) is 0 Å². The lowest BCUT2D eigenvalue weighted by Gasteiger charge is -2.23. The third kappa shape index (κ3) is 5.66. The quantitative estimate of drug-likeness (QED) is 0.468. The molecule has 198 valence electrons. The number of nitrogens with one attached hydrogen (secondary N) is 1. The van der Waals surface area contributed by atoms with Gasteiger partial charge in [-0.25, -0.2) is 12.8 Å². The highest BCUT2D eigenvalue weighted by Gasteiger charge is 2.42. The Kier molecular flexibility index (Phi) is 7.48. The van der Waals surface area contributed by atoms with Gasteiger partial charge >= 0.3 is 6.18 Å². The van der Waals surface area contributed by atoms with Crippen LogP contribution in [0.1, 0.15) is 30.3 Å². The van der Waals surface area contributed by atoms with Crippen molar-refractivity contribution in [3.63, 3.8) is 0 Å². The summed E-state index contributed by atoms with van der Waals surface area (Å²) in [6.07, 6.45) is -2.10. The summed E-state index contributed by atoms with van der Waals surface area (Å²) in [6.45, 7) is 1.80. The van der Waals surface area contributed by atoms with Gasteiger partial charge in [-0.1, -0.05) is 13.0 Å². The molecule has 0 aliphatic carbocycles. The molecule has 0 spiro atoms. The third-order valence-electron chi connectivity index (χ3n) is 6.08. The van der Waals surface area contributed by atoms with Crippen LogP contribution < -0.4 is 5.32 Å². The Hall–Kier alpha value is -3.89. The number of carbonyl (C=O) groups excluding carboxylic acids is 1. The predicted octanol–water partition coefficient (Wildman–Crippen LogP) is 3.89. The van der Waals surface area contributed by atoms with E-state index in [1.54, 1.807) is 0 Å². The van der Waals surface area contributed by atoms with Crippen molar-refractivity contribution in [2.24, 2.45) is 5.92 Å². The number of alkyl halides is 3. The Balaban J connectivity index is 1.52. The van der Waals surface area contributed by atoms with Gasteiger partial charge in [-0.05, 0) is 48.7 Å². The van der Waals surface area contributed by atoms with Gasteiger partial charge in [0.1, 0.15) is 23.6 Å². The molecule has 2 atom stereocenters. The Bertz CT molecular complexity index is 1490. The van der Waals surface area contributed by atoms with E-state index in [-0.39, 0.29) is 47.0 Å². The first-order valence-electron chi connectivity index (χ1n) is 11.4. The Morgan fingerprint density at radius 3 is 2.47 bits per heavy atom. The molecule has 1 aliphatic rings. The molecule has 1 aromatic carbocycles. The molecule has 3 aromatic rings. The SMILES string of the molecule is CC1CC(C(=O)NCc2cc(-c3ccc(C(F)(F)F)nc3)c(C#N)cn2)N(S(=O)(=O)c2ccc(F)cc2)C1. The average Bonchev–Trinajstić information content (AvgIpc) is 3.29. The third-order valence-corrected chi connectivity index (χ3v) is 7.97. The number of amides is 1. The van der Waals surface area contributed by atoms with Crippen LogP contribution in [0.4, 0.5) is 17.6 Å². The zero-order valence-corrected chi connectivity index (χ0v) is 20.7. The molecule has 3 heterocycles. The Labute approximate surface area is 216 Å². The average molecular weight is 548 g/mol. The lowest BCUT2D eigenvalue weighted by molar-refractivity contribution is -0.141. The van der Waals surface area contributed by atoms with Gasteiger partial charge in [-0.2, -0.15) is 22.7 Å². The number of hydrogen-bond acceptors (Lipinski definition) is 6. The summed E-state index contributed by atoms with van der Waals surface area (Å²) in [5.74, 6) is -1.26. The van der Waals surface area contributed by atoms with Crippen LogP contribution in [-0.2, 0) is 27.5 Å². The molecule has 38 heavy (non-hydrogen) atoms. The van der Waals surface area contributed by atoms with E-state index in [4.69, 9.17) is 0 Å². The molecule has 4 rings (SSSR count). The van der Waals surface area contributed by atoms with Crippen molar-refractivity contribution >= 4 is 15.9 Å². The predicted molar refractivity (Wildman–Crippen MR) is 127 cm³/mol. The van der Waals surface area contributed by atoms with E-state index in [2.05, 4.69) is 15.3 Å².